The molecule has 0 spiro atoms. The Morgan fingerprint density at radius 1 is 1.14 bits per heavy atom. The first-order valence-electron chi connectivity index (χ1n) is 4.82. The summed E-state index contributed by atoms with van der Waals surface area (Å²) in [7, 11) is -0.485. The van der Waals surface area contributed by atoms with Gasteiger partial charge in [0.2, 0.25) is 0 Å². The summed E-state index contributed by atoms with van der Waals surface area (Å²) < 4.78 is 11.6. The van der Waals surface area contributed by atoms with Gasteiger partial charge in [0.25, 0.3) is 0 Å². The molecule has 1 fully saturated rings. The molecule has 1 saturated heterocycles. The molecule has 0 saturated carbocycles. The third-order valence-electron chi connectivity index (χ3n) is 2.77. The minimum absolute atomic E-state index is 0.216. The van der Waals surface area contributed by atoms with E-state index in [-0.39, 0.29) is 25.9 Å². The Bertz CT molecular complexity index is 255. The molecule has 0 N–H and O–H groups in total. The van der Waals surface area contributed by atoms with Gasteiger partial charge in [-0.05, 0) is 33.7 Å². The van der Waals surface area contributed by atoms with Gasteiger partial charge in [0, 0.05) is 0 Å². The van der Waals surface area contributed by atoms with Crippen molar-refractivity contribution in [3.05, 3.63) is 11.8 Å². The predicted molar refractivity (Wildman–Crippen MR) is 65.2 cm³/mol. The summed E-state index contributed by atoms with van der Waals surface area (Å²) in [6, 6.07) is 0. The van der Waals surface area contributed by atoms with Gasteiger partial charge in [-0.1, -0.05) is 0 Å². The summed E-state index contributed by atoms with van der Waals surface area (Å²) in [4.78, 5) is 0. The van der Waals surface area contributed by atoms with Crippen LogP contribution in [0.2, 0.25) is 0 Å². The first-order valence-corrected chi connectivity index (χ1v) is 6.86. The van der Waals surface area contributed by atoms with E-state index in [2.05, 4.69) is 46.5 Å². The molecule has 1 aliphatic heterocycles. The molecule has 0 aromatic carbocycles. The van der Waals surface area contributed by atoms with Gasteiger partial charge < -0.3 is 9.31 Å². The highest BCUT2D eigenvalue weighted by molar-refractivity contribution is 7.58. The van der Waals surface area contributed by atoms with E-state index in [1.807, 2.05) is 5.98 Å². The van der Waals surface area contributed by atoms with Crippen molar-refractivity contribution in [2.45, 2.75) is 38.9 Å². The highest BCUT2D eigenvalue weighted by Crippen LogP contribution is 2.37. The number of hydrogen-bond donors (Lipinski definition) is 0. The lowest BCUT2D eigenvalue weighted by atomic mass is 9.90. The Morgan fingerprint density at radius 3 is 1.93 bits per heavy atom. The lowest BCUT2D eigenvalue weighted by Crippen LogP contribution is -2.41. The van der Waals surface area contributed by atoms with Crippen molar-refractivity contribution in [2.75, 3.05) is 6.66 Å². The van der Waals surface area contributed by atoms with Crippen LogP contribution in [-0.4, -0.2) is 31.3 Å². The second-order valence-corrected chi connectivity index (χ2v) is 6.54. The Labute approximate surface area is 88.2 Å². The SMILES string of the molecule is C=[P+](C)C=CB1OC(C)(C)C(C)(C)O1. The molecule has 0 aromatic heterocycles. The predicted octanol–water partition coefficient (Wildman–Crippen LogP) is 2.68. The van der Waals surface area contributed by atoms with E-state index in [9.17, 15) is 0 Å². The standard InChI is InChI=1S/C10H19BO2P/c1-9(2)10(3,4)13-11(12-9)7-8-14(5)6/h7-8H,5H2,1-4,6H3/q+1. The van der Waals surface area contributed by atoms with Crippen LogP contribution in [0.3, 0.4) is 0 Å². The molecule has 14 heavy (non-hydrogen) atoms. The number of rotatable bonds is 2. The second kappa shape index (κ2) is 3.81. The molecule has 78 valence electrons. The van der Waals surface area contributed by atoms with Crippen molar-refractivity contribution in [1.82, 2.24) is 0 Å². The molecule has 4 heteroatoms. The van der Waals surface area contributed by atoms with Crippen LogP contribution >= 0.6 is 7.55 Å². The van der Waals surface area contributed by atoms with Crippen LogP contribution < -0.4 is 0 Å². The Balaban J connectivity index is 2.69. The summed E-state index contributed by atoms with van der Waals surface area (Å²) in [5.74, 6) is 4.03. The Kier molecular flexibility index (Phi) is 3.25. The summed E-state index contributed by atoms with van der Waals surface area (Å²) in [6.07, 6.45) is 3.94. The molecule has 0 radical (unpaired) electrons. The number of hydrogen-bond acceptors (Lipinski definition) is 2. The highest BCUT2D eigenvalue weighted by atomic mass is 31.1. The van der Waals surface area contributed by atoms with E-state index < -0.39 is 0 Å². The molecule has 1 aliphatic rings. The molecule has 2 nitrogen and oxygen atoms in total. The van der Waals surface area contributed by atoms with Crippen molar-refractivity contribution in [3.63, 3.8) is 0 Å². The summed E-state index contributed by atoms with van der Waals surface area (Å²) in [5, 5.41) is 0. The van der Waals surface area contributed by atoms with Gasteiger partial charge in [-0.25, -0.2) is 0 Å². The molecule has 0 bridgehead atoms. The van der Waals surface area contributed by atoms with Crippen LogP contribution in [-0.2, 0) is 9.31 Å². The first kappa shape index (κ1) is 12.0. The van der Waals surface area contributed by atoms with Gasteiger partial charge in [0.1, 0.15) is 20.0 Å². The van der Waals surface area contributed by atoms with Gasteiger partial charge in [-0.3, -0.25) is 0 Å². The maximum absolute atomic E-state index is 5.79. The fourth-order valence-corrected chi connectivity index (χ4v) is 1.62. The molecule has 0 aromatic rings. The van der Waals surface area contributed by atoms with E-state index in [1.54, 1.807) is 0 Å². The van der Waals surface area contributed by atoms with E-state index in [0.29, 0.717) is 0 Å². The minimum atomic E-state index is -0.269. The van der Waals surface area contributed by atoms with Crippen LogP contribution in [0, 0.1) is 0 Å². The smallest absolute Gasteiger partial charge is 0.400 e. The van der Waals surface area contributed by atoms with Gasteiger partial charge in [-0.15, -0.1) is 0 Å². The fraction of sp³-hybridized carbons (Fsp3) is 0.700. The maximum Gasteiger partial charge on any atom is 0.490 e. The zero-order chi connectivity index (χ0) is 11.0. The maximum atomic E-state index is 5.79. The average molecular weight is 213 g/mol. The molecule has 1 atom stereocenters. The minimum Gasteiger partial charge on any atom is -0.400 e. The molecular weight excluding hydrogens is 194 g/mol. The molecular formula is C10H19BO2P+. The normalized spacial score (nSPS) is 25.8. The van der Waals surface area contributed by atoms with E-state index in [1.165, 1.54) is 0 Å². The van der Waals surface area contributed by atoms with Crippen molar-refractivity contribution in [3.8, 4) is 0 Å². The van der Waals surface area contributed by atoms with Crippen LogP contribution in [0.15, 0.2) is 11.8 Å². The summed E-state index contributed by atoms with van der Waals surface area (Å²) >= 11 is 0. The molecule has 1 rings (SSSR count). The Morgan fingerprint density at radius 2 is 1.57 bits per heavy atom. The molecule has 0 aliphatic carbocycles. The fourth-order valence-electron chi connectivity index (χ4n) is 1.18. The third kappa shape index (κ3) is 2.47. The molecule has 1 unspecified atom stereocenters. The van der Waals surface area contributed by atoms with Gasteiger partial charge in [0.05, 0.1) is 17.5 Å². The topological polar surface area (TPSA) is 18.5 Å². The Hall–Kier alpha value is -0.105. The van der Waals surface area contributed by atoms with Crippen molar-refractivity contribution >= 4 is 21.0 Å². The van der Waals surface area contributed by atoms with E-state index in [4.69, 9.17) is 9.31 Å². The zero-order valence-electron chi connectivity index (χ0n) is 9.70. The van der Waals surface area contributed by atoms with Crippen LogP contribution in [0.5, 0.6) is 0 Å². The summed E-state index contributed by atoms with van der Waals surface area (Å²) in [6.45, 7) is 10.3. The van der Waals surface area contributed by atoms with Crippen LogP contribution in [0.1, 0.15) is 27.7 Å². The van der Waals surface area contributed by atoms with Gasteiger partial charge in [-0.2, -0.15) is 0 Å². The van der Waals surface area contributed by atoms with E-state index in [0.717, 1.165) is 0 Å². The van der Waals surface area contributed by atoms with Crippen molar-refractivity contribution in [2.24, 2.45) is 0 Å². The monoisotopic (exact) mass is 213 g/mol. The average Bonchev–Trinajstić information content (AvgIpc) is 2.17. The van der Waals surface area contributed by atoms with Gasteiger partial charge in [0.15, 0.2) is 0 Å². The molecule has 1 heterocycles. The zero-order valence-corrected chi connectivity index (χ0v) is 10.6. The molecule has 0 amide bonds. The second-order valence-electron chi connectivity index (χ2n) is 4.72. The largest absolute Gasteiger partial charge is 0.490 e. The lowest BCUT2D eigenvalue weighted by Gasteiger charge is -2.32. The van der Waals surface area contributed by atoms with Crippen LogP contribution in [0.4, 0.5) is 0 Å². The van der Waals surface area contributed by atoms with Gasteiger partial charge >= 0.3 is 7.12 Å². The third-order valence-corrected chi connectivity index (χ3v) is 3.45. The quantitative estimate of drug-likeness (QED) is 0.518. The van der Waals surface area contributed by atoms with E-state index >= 15 is 0 Å². The first-order chi connectivity index (χ1) is 6.24. The lowest BCUT2D eigenvalue weighted by molar-refractivity contribution is 0.00578. The van der Waals surface area contributed by atoms with Crippen molar-refractivity contribution in [1.29, 1.82) is 0 Å². The van der Waals surface area contributed by atoms with Crippen molar-refractivity contribution < 1.29 is 9.31 Å². The highest BCUT2D eigenvalue weighted by Gasteiger charge is 2.50. The summed E-state index contributed by atoms with van der Waals surface area (Å²) in [5.41, 5.74) is -0.473. The van der Waals surface area contributed by atoms with Crippen LogP contribution in [0.25, 0.3) is 0 Å².